The lowest BCUT2D eigenvalue weighted by Gasteiger charge is -2.17. The fourth-order valence-corrected chi connectivity index (χ4v) is 2.44. The smallest absolute Gasteiger partial charge is 0.417 e. The topological polar surface area (TPSA) is 63.6 Å². The third-order valence-electron chi connectivity index (χ3n) is 3.44. The summed E-state index contributed by atoms with van der Waals surface area (Å²) < 4.78 is 45.3. The summed E-state index contributed by atoms with van der Waals surface area (Å²) in [6.45, 7) is 0.991. The predicted molar refractivity (Wildman–Crippen MR) is 83.6 cm³/mol. The van der Waals surface area contributed by atoms with E-state index in [1.54, 1.807) is 30.3 Å². The molecule has 4 nitrogen and oxygen atoms in total. The van der Waals surface area contributed by atoms with Crippen molar-refractivity contribution in [1.82, 2.24) is 0 Å². The van der Waals surface area contributed by atoms with Gasteiger partial charge in [-0.3, -0.25) is 9.59 Å². The van der Waals surface area contributed by atoms with Crippen LogP contribution in [0.4, 0.5) is 13.2 Å². The molecule has 0 spiro atoms. The lowest BCUT2D eigenvalue weighted by molar-refractivity contribution is -0.139. The van der Waals surface area contributed by atoms with Crippen molar-refractivity contribution in [2.75, 3.05) is 0 Å². The number of halogens is 3. The van der Waals surface area contributed by atoms with Crippen LogP contribution in [0.5, 0.6) is 5.75 Å². The standard InChI is InChI=1S/C18H15F3O4/c1-11(22)17-13(8-16(23)24)7-14(9-15(17)18(19,20)21)25-10-12-5-3-2-4-6-12/h2-7,9H,8,10H2,1H3,(H,23,24). The first-order valence-corrected chi connectivity index (χ1v) is 7.32. The van der Waals surface area contributed by atoms with Crippen molar-refractivity contribution in [3.63, 3.8) is 0 Å². The maximum atomic E-state index is 13.3. The van der Waals surface area contributed by atoms with Gasteiger partial charge < -0.3 is 9.84 Å². The van der Waals surface area contributed by atoms with Crippen molar-refractivity contribution in [2.24, 2.45) is 0 Å². The minimum atomic E-state index is -4.81. The maximum absolute atomic E-state index is 13.3. The number of ether oxygens (including phenoxy) is 1. The summed E-state index contributed by atoms with van der Waals surface area (Å²) in [7, 11) is 0. The molecule has 2 rings (SSSR count). The molecule has 0 heterocycles. The maximum Gasteiger partial charge on any atom is 0.417 e. The molecule has 0 aromatic heterocycles. The zero-order valence-electron chi connectivity index (χ0n) is 13.3. The Morgan fingerprint density at radius 1 is 1.12 bits per heavy atom. The summed E-state index contributed by atoms with van der Waals surface area (Å²) in [5, 5.41) is 8.93. The highest BCUT2D eigenvalue weighted by atomic mass is 19.4. The zero-order chi connectivity index (χ0) is 18.6. The first-order valence-electron chi connectivity index (χ1n) is 7.32. The Kier molecular flexibility index (Phi) is 5.46. The van der Waals surface area contributed by atoms with Gasteiger partial charge in [0.2, 0.25) is 0 Å². The predicted octanol–water partition coefficient (Wildman–Crippen LogP) is 4.11. The first-order chi connectivity index (χ1) is 11.7. The Morgan fingerprint density at radius 3 is 2.28 bits per heavy atom. The van der Waals surface area contributed by atoms with Crippen LogP contribution in [0.2, 0.25) is 0 Å². The number of carboxylic acid groups (broad SMARTS) is 1. The highest BCUT2D eigenvalue weighted by molar-refractivity contribution is 5.98. The number of Topliss-reactive ketones (excluding diaryl/α,β-unsaturated/α-hetero) is 1. The number of carbonyl (C=O) groups excluding carboxylic acids is 1. The molecule has 0 saturated heterocycles. The molecule has 0 aliphatic rings. The van der Waals surface area contributed by atoms with E-state index in [9.17, 15) is 22.8 Å². The van der Waals surface area contributed by atoms with Crippen LogP contribution in [0.15, 0.2) is 42.5 Å². The molecule has 7 heteroatoms. The molecule has 0 fully saturated rings. The van der Waals surface area contributed by atoms with Crippen LogP contribution in [0.1, 0.15) is 34.0 Å². The Bertz CT molecular complexity index is 783. The number of carboxylic acids is 1. The fraction of sp³-hybridized carbons (Fsp3) is 0.222. The van der Waals surface area contributed by atoms with Gasteiger partial charge in [0.1, 0.15) is 12.4 Å². The molecule has 0 saturated carbocycles. The van der Waals surface area contributed by atoms with Crippen molar-refractivity contribution >= 4 is 11.8 Å². The lowest BCUT2D eigenvalue weighted by Crippen LogP contribution is -2.16. The van der Waals surface area contributed by atoms with Crippen molar-refractivity contribution < 1.29 is 32.6 Å². The Morgan fingerprint density at radius 2 is 1.76 bits per heavy atom. The molecular weight excluding hydrogens is 337 g/mol. The molecular formula is C18H15F3O4. The molecule has 1 N–H and O–H groups in total. The van der Waals surface area contributed by atoms with Gasteiger partial charge in [-0.15, -0.1) is 0 Å². The molecule has 0 aliphatic carbocycles. The number of carbonyl (C=O) groups is 2. The normalized spacial score (nSPS) is 11.2. The van der Waals surface area contributed by atoms with E-state index in [-0.39, 0.29) is 17.9 Å². The Hall–Kier alpha value is -2.83. The quantitative estimate of drug-likeness (QED) is 0.795. The van der Waals surface area contributed by atoms with Gasteiger partial charge in [-0.25, -0.2) is 0 Å². The molecule has 0 unspecified atom stereocenters. The van der Waals surface area contributed by atoms with Gasteiger partial charge in [-0.2, -0.15) is 13.2 Å². The first kappa shape index (κ1) is 18.5. The van der Waals surface area contributed by atoms with Crippen LogP contribution in [0.25, 0.3) is 0 Å². The second-order valence-electron chi connectivity index (χ2n) is 5.40. The fourth-order valence-electron chi connectivity index (χ4n) is 2.44. The molecule has 0 radical (unpaired) electrons. The average Bonchev–Trinajstić information content (AvgIpc) is 2.51. The van der Waals surface area contributed by atoms with Crippen molar-refractivity contribution in [3.8, 4) is 5.75 Å². The van der Waals surface area contributed by atoms with E-state index in [1.165, 1.54) is 6.07 Å². The second-order valence-corrected chi connectivity index (χ2v) is 5.40. The van der Waals surface area contributed by atoms with Gasteiger partial charge in [0.25, 0.3) is 0 Å². The van der Waals surface area contributed by atoms with Gasteiger partial charge in [0.15, 0.2) is 5.78 Å². The SMILES string of the molecule is CC(=O)c1c(CC(=O)O)cc(OCc2ccccc2)cc1C(F)(F)F. The summed E-state index contributed by atoms with van der Waals surface area (Å²) in [6.07, 6.45) is -5.51. The summed E-state index contributed by atoms with van der Waals surface area (Å²) >= 11 is 0. The number of hydrogen-bond acceptors (Lipinski definition) is 3. The van der Waals surface area contributed by atoms with Crippen LogP contribution in [-0.2, 0) is 24.0 Å². The minimum Gasteiger partial charge on any atom is -0.489 e. The van der Waals surface area contributed by atoms with Gasteiger partial charge >= 0.3 is 12.1 Å². The average molecular weight is 352 g/mol. The summed E-state index contributed by atoms with van der Waals surface area (Å²) in [6, 6.07) is 10.7. The second kappa shape index (κ2) is 7.38. The molecule has 0 atom stereocenters. The molecule has 0 bridgehead atoms. The number of benzene rings is 2. The number of ketones is 1. The van der Waals surface area contributed by atoms with Crippen LogP contribution in [0, 0.1) is 0 Å². The van der Waals surface area contributed by atoms with Crippen molar-refractivity contribution in [3.05, 3.63) is 64.7 Å². The summed E-state index contributed by atoms with van der Waals surface area (Å²) in [5.74, 6) is -2.33. The van der Waals surface area contributed by atoms with Crippen LogP contribution < -0.4 is 4.74 Å². The molecule has 132 valence electrons. The molecule has 25 heavy (non-hydrogen) atoms. The van der Waals surface area contributed by atoms with Gasteiger partial charge in [0, 0.05) is 5.56 Å². The number of aliphatic carboxylic acids is 1. The van der Waals surface area contributed by atoms with E-state index in [2.05, 4.69) is 0 Å². The van der Waals surface area contributed by atoms with E-state index in [0.717, 1.165) is 18.6 Å². The van der Waals surface area contributed by atoms with E-state index in [4.69, 9.17) is 9.84 Å². The van der Waals surface area contributed by atoms with Crippen molar-refractivity contribution in [2.45, 2.75) is 26.1 Å². The highest BCUT2D eigenvalue weighted by Crippen LogP contribution is 2.37. The van der Waals surface area contributed by atoms with E-state index >= 15 is 0 Å². The zero-order valence-corrected chi connectivity index (χ0v) is 13.3. The summed E-state index contributed by atoms with van der Waals surface area (Å²) in [5.41, 5.74) is -1.31. The number of rotatable bonds is 6. The summed E-state index contributed by atoms with van der Waals surface area (Å²) in [4.78, 5) is 22.6. The Labute approximate surface area is 141 Å². The monoisotopic (exact) mass is 352 g/mol. The Balaban J connectivity index is 2.46. The minimum absolute atomic E-state index is 0.0179. The third kappa shape index (κ3) is 4.82. The third-order valence-corrected chi connectivity index (χ3v) is 3.44. The van der Waals surface area contributed by atoms with E-state index in [0.29, 0.717) is 0 Å². The van der Waals surface area contributed by atoms with Gasteiger partial charge in [-0.05, 0) is 30.2 Å². The van der Waals surface area contributed by atoms with E-state index in [1.807, 2.05) is 0 Å². The molecule has 0 amide bonds. The van der Waals surface area contributed by atoms with Crippen molar-refractivity contribution in [1.29, 1.82) is 0 Å². The molecule has 2 aromatic rings. The van der Waals surface area contributed by atoms with Crippen LogP contribution >= 0.6 is 0 Å². The number of hydrogen-bond donors (Lipinski definition) is 1. The molecule has 0 aliphatic heterocycles. The molecule has 2 aromatic carbocycles. The lowest BCUT2D eigenvalue weighted by atomic mass is 9.95. The van der Waals surface area contributed by atoms with E-state index < -0.39 is 35.5 Å². The number of alkyl halides is 3. The van der Waals surface area contributed by atoms with Gasteiger partial charge in [-0.1, -0.05) is 30.3 Å². The van der Waals surface area contributed by atoms with Crippen LogP contribution in [0.3, 0.4) is 0 Å². The van der Waals surface area contributed by atoms with Gasteiger partial charge in [0.05, 0.1) is 12.0 Å². The van der Waals surface area contributed by atoms with Crippen LogP contribution in [-0.4, -0.2) is 16.9 Å². The largest absolute Gasteiger partial charge is 0.489 e. The highest BCUT2D eigenvalue weighted by Gasteiger charge is 2.36.